The van der Waals surface area contributed by atoms with Gasteiger partial charge in [0.15, 0.2) is 0 Å². The average Bonchev–Trinajstić information content (AvgIpc) is 3.32. The molecule has 0 fully saturated rings. The summed E-state index contributed by atoms with van der Waals surface area (Å²) in [7, 11) is 0. The van der Waals surface area contributed by atoms with Crippen molar-refractivity contribution in [2.24, 2.45) is 0 Å². The van der Waals surface area contributed by atoms with Crippen molar-refractivity contribution >= 4 is 5.91 Å². The molecule has 396 valence electrons. The highest BCUT2D eigenvalue weighted by molar-refractivity contribution is 5.76. The first kappa shape index (κ1) is 65.3. The minimum absolute atomic E-state index is 0.136. The quantitative estimate of drug-likeness (QED) is 0.0458. The van der Waals surface area contributed by atoms with Gasteiger partial charge in [-0.05, 0) is 12.8 Å². The Morgan fingerprint density at radius 1 is 0.318 bits per heavy atom. The molecule has 0 saturated carbocycles. The van der Waals surface area contributed by atoms with E-state index >= 15 is 0 Å². The number of nitrogens with one attached hydrogen (secondary N) is 1. The molecule has 5 heteroatoms. The lowest BCUT2D eigenvalue weighted by Gasteiger charge is -2.26. The first-order valence-electron chi connectivity index (χ1n) is 30.8. The van der Waals surface area contributed by atoms with E-state index in [9.17, 15) is 20.1 Å². The van der Waals surface area contributed by atoms with Gasteiger partial charge >= 0.3 is 0 Å². The van der Waals surface area contributed by atoms with Gasteiger partial charge in [-0.1, -0.05) is 341 Å². The van der Waals surface area contributed by atoms with Gasteiger partial charge in [-0.3, -0.25) is 4.79 Å². The second-order valence-corrected chi connectivity index (χ2v) is 21.6. The molecular weight excluding hydrogens is 811 g/mol. The van der Waals surface area contributed by atoms with E-state index in [0.29, 0.717) is 12.8 Å². The molecule has 0 bridgehead atoms. The van der Waals surface area contributed by atoms with Crippen LogP contribution in [0.15, 0.2) is 0 Å². The van der Waals surface area contributed by atoms with E-state index in [4.69, 9.17) is 0 Å². The van der Waals surface area contributed by atoms with Crippen LogP contribution in [0.1, 0.15) is 361 Å². The molecule has 66 heavy (non-hydrogen) atoms. The average molecular weight is 935 g/mol. The lowest BCUT2D eigenvalue weighted by molar-refractivity contribution is -0.124. The minimum atomic E-state index is -1.13. The maximum atomic E-state index is 12.5. The molecule has 0 aromatic rings. The topological polar surface area (TPSA) is 89.8 Å². The lowest BCUT2D eigenvalue weighted by atomic mass is 9.99. The van der Waals surface area contributed by atoms with Crippen molar-refractivity contribution in [2.75, 3.05) is 6.61 Å². The van der Waals surface area contributed by atoms with E-state index < -0.39 is 18.2 Å². The number of hydrogen-bond donors (Lipinski definition) is 4. The van der Waals surface area contributed by atoms with Gasteiger partial charge in [0.2, 0.25) is 5.91 Å². The van der Waals surface area contributed by atoms with E-state index in [-0.39, 0.29) is 12.5 Å². The molecule has 0 spiro atoms. The van der Waals surface area contributed by atoms with E-state index in [1.807, 2.05) is 0 Å². The fourth-order valence-electron chi connectivity index (χ4n) is 10.2. The summed E-state index contributed by atoms with van der Waals surface area (Å²) in [6.45, 7) is 4.21. The second-order valence-electron chi connectivity index (χ2n) is 21.6. The fourth-order valence-corrected chi connectivity index (χ4v) is 10.2. The Bertz CT molecular complexity index is 898. The normalized spacial score (nSPS) is 13.1. The van der Waals surface area contributed by atoms with Crippen molar-refractivity contribution < 1.29 is 20.1 Å². The standard InChI is InChI=1S/C61H123NO4/c1-3-5-7-9-11-13-15-17-18-19-20-21-22-23-24-25-26-27-28-29-30-31-32-33-34-35-36-37-38-39-40-41-42-44-46-48-50-52-54-56-60(65)62-58(57-63)61(66)59(64)55-53-51-49-47-45-43-16-14-12-10-8-6-4-2/h58-59,61,63-64,66H,3-57H2,1-2H3,(H,62,65). The van der Waals surface area contributed by atoms with Crippen LogP contribution in [-0.2, 0) is 4.79 Å². The van der Waals surface area contributed by atoms with Crippen molar-refractivity contribution in [1.29, 1.82) is 0 Å². The Kier molecular flexibility index (Phi) is 56.4. The summed E-state index contributed by atoms with van der Waals surface area (Å²) < 4.78 is 0. The number of carbonyl (C=O) groups is 1. The molecule has 0 aliphatic carbocycles. The van der Waals surface area contributed by atoms with Gasteiger partial charge in [-0.25, -0.2) is 0 Å². The van der Waals surface area contributed by atoms with Crippen LogP contribution in [0.4, 0.5) is 0 Å². The Balaban J connectivity index is 3.37. The first-order chi connectivity index (χ1) is 32.6. The SMILES string of the molecule is CCCCCCCCCCCCCCCCCCCCCCCCCCCCCCCCCCCCCCCCCC(=O)NC(CO)C(O)C(O)CCCCCCCCCCCCCCC. The third-order valence-corrected chi connectivity index (χ3v) is 15.0. The third-order valence-electron chi connectivity index (χ3n) is 15.0. The molecule has 0 aromatic heterocycles. The number of carbonyl (C=O) groups excluding carboxylic acids is 1. The highest BCUT2D eigenvalue weighted by atomic mass is 16.3. The van der Waals surface area contributed by atoms with Crippen molar-refractivity contribution in [3.05, 3.63) is 0 Å². The van der Waals surface area contributed by atoms with Crippen molar-refractivity contribution in [2.45, 2.75) is 379 Å². The van der Waals surface area contributed by atoms with Crippen LogP contribution in [0.5, 0.6) is 0 Å². The van der Waals surface area contributed by atoms with Crippen LogP contribution in [0.25, 0.3) is 0 Å². The summed E-state index contributed by atoms with van der Waals surface area (Å²) in [6, 6.07) is -0.804. The molecule has 3 unspecified atom stereocenters. The molecule has 0 radical (unpaired) electrons. The molecule has 0 aliphatic heterocycles. The van der Waals surface area contributed by atoms with Gasteiger partial charge < -0.3 is 20.6 Å². The van der Waals surface area contributed by atoms with Crippen molar-refractivity contribution in [3.63, 3.8) is 0 Å². The zero-order valence-electron chi connectivity index (χ0n) is 45.4. The molecule has 4 N–H and O–H groups in total. The largest absolute Gasteiger partial charge is 0.394 e. The van der Waals surface area contributed by atoms with Crippen molar-refractivity contribution in [3.8, 4) is 0 Å². The van der Waals surface area contributed by atoms with Crippen LogP contribution in [-0.4, -0.2) is 46.1 Å². The van der Waals surface area contributed by atoms with Crippen LogP contribution < -0.4 is 5.32 Å². The Morgan fingerprint density at radius 2 is 0.515 bits per heavy atom. The maximum Gasteiger partial charge on any atom is 0.220 e. The number of hydrogen-bond acceptors (Lipinski definition) is 4. The molecule has 5 nitrogen and oxygen atoms in total. The van der Waals surface area contributed by atoms with E-state index in [1.165, 1.54) is 302 Å². The van der Waals surface area contributed by atoms with Gasteiger partial charge in [-0.2, -0.15) is 0 Å². The van der Waals surface area contributed by atoms with Crippen LogP contribution in [0.2, 0.25) is 0 Å². The highest BCUT2D eigenvalue weighted by Gasteiger charge is 2.26. The van der Waals surface area contributed by atoms with E-state index in [1.54, 1.807) is 0 Å². The third kappa shape index (κ3) is 51.2. The molecular formula is C61H123NO4. The summed E-state index contributed by atoms with van der Waals surface area (Å²) in [6.07, 6.45) is 70.2. The van der Waals surface area contributed by atoms with Gasteiger partial charge in [0.05, 0.1) is 18.8 Å². The summed E-state index contributed by atoms with van der Waals surface area (Å²) >= 11 is 0. The molecule has 0 saturated heterocycles. The zero-order chi connectivity index (χ0) is 47.9. The van der Waals surface area contributed by atoms with E-state index in [0.717, 1.165) is 32.1 Å². The summed E-state index contributed by atoms with van der Waals surface area (Å²) in [5, 5.41) is 33.7. The highest BCUT2D eigenvalue weighted by Crippen LogP contribution is 2.19. The Labute approximate surface area is 415 Å². The van der Waals surface area contributed by atoms with Crippen LogP contribution >= 0.6 is 0 Å². The zero-order valence-corrected chi connectivity index (χ0v) is 45.4. The summed E-state index contributed by atoms with van der Waals surface area (Å²) in [4.78, 5) is 12.5. The predicted octanol–water partition coefficient (Wildman–Crippen LogP) is 19.3. The lowest BCUT2D eigenvalue weighted by Crippen LogP contribution is -2.50. The Morgan fingerprint density at radius 3 is 0.727 bits per heavy atom. The minimum Gasteiger partial charge on any atom is -0.394 e. The van der Waals surface area contributed by atoms with Crippen molar-refractivity contribution in [1.82, 2.24) is 5.32 Å². The Hall–Kier alpha value is -0.650. The number of unbranched alkanes of at least 4 members (excludes halogenated alkanes) is 50. The molecule has 0 aromatic carbocycles. The first-order valence-corrected chi connectivity index (χ1v) is 30.8. The van der Waals surface area contributed by atoms with Gasteiger partial charge in [0, 0.05) is 6.42 Å². The van der Waals surface area contributed by atoms with Crippen LogP contribution in [0.3, 0.4) is 0 Å². The van der Waals surface area contributed by atoms with Crippen LogP contribution in [0, 0.1) is 0 Å². The van der Waals surface area contributed by atoms with E-state index in [2.05, 4.69) is 19.2 Å². The summed E-state index contributed by atoms with van der Waals surface area (Å²) in [5.41, 5.74) is 0. The summed E-state index contributed by atoms with van der Waals surface area (Å²) in [5.74, 6) is -0.136. The predicted molar refractivity (Wildman–Crippen MR) is 292 cm³/mol. The van der Waals surface area contributed by atoms with Gasteiger partial charge in [-0.15, -0.1) is 0 Å². The van der Waals surface area contributed by atoms with Gasteiger partial charge in [0.25, 0.3) is 0 Å². The fraction of sp³-hybridized carbons (Fsp3) is 0.984. The number of amides is 1. The number of rotatable bonds is 58. The molecule has 0 rings (SSSR count). The smallest absolute Gasteiger partial charge is 0.220 e. The number of aliphatic hydroxyl groups excluding tert-OH is 3. The molecule has 0 heterocycles. The molecule has 1 amide bonds. The molecule has 3 atom stereocenters. The second kappa shape index (κ2) is 56.9. The monoisotopic (exact) mass is 934 g/mol. The number of aliphatic hydroxyl groups is 3. The van der Waals surface area contributed by atoms with Gasteiger partial charge in [0.1, 0.15) is 6.10 Å². The maximum absolute atomic E-state index is 12.5. The molecule has 0 aliphatic rings.